The summed E-state index contributed by atoms with van der Waals surface area (Å²) in [6, 6.07) is 12.3. The van der Waals surface area contributed by atoms with Gasteiger partial charge in [0.05, 0.1) is 22.8 Å². The molecule has 0 aliphatic heterocycles. The smallest absolute Gasteiger partial charge is 0.0953 e. The molecule has 1 aliphatic rings. The molecule has 2 aromatic heterocycles. The topological polar surface area (TPSA) is 89.8 Å². The summed E-state index contributed by atoms with van der Waals surface area (Å²) in [6.07, 6.45) is 10.7. The van der Waals surface area contributed by atoms with Crippen LogP contribution in [0.15, 0.2) is 92.0 Å². The van der Waals surface area contributed by atoms with Crippen molar-refractivity contribution in [2.45, 2.75) is 33.1 Å². The minimum Gasteiger partial charge on any atom is -0.399 e. The summed E-state index contributed by atoms with van der Waals surface area (Å²) in [4.78, 5) is 9.45. The molecule has 36 heavy (non-hydrogen) atoms. The number of nitrogens with one attached hydrogen (secondary N) is 1. The third-order valence-electron chi connectivity index (χ3n) is 6.60. The third-order valence-corrected chi connectivity index (χ3v) is 6.60. The molecule has 0 fully saturated rings. The molecule has 0 spiro atoms. The number of rotatable bonds is 8. The molecular weight excluding hydrogens is 442 g/mol. The summed E-state index contributed by atoms with van der Waals surface area (Å²) >= 11 is 0. The molecule has 1 aromatic carbocycles. The summed E-state index contributed by atoms with van der Waals surface area (Å²) in [5.74, 6) is 0. The van der Waals surface area contributed by atoms with Crippen LogP contribution in [0.3, 0.4) is 0 Å². The molecule has 0 saturated heterocycles. The molecule has 4 rings (SSSR count). The second kappa shape index (κ2) is 10.5. The minimum atomic E-state index is 0.521. The van der Waals surface area contributed by atoms with Gasteiger partial charge in [0.1, 0.15) is 0 Å². The number of benzene rings is 1. The number of nitrogen functional groups attached to an aromatic ring is 1. The number of nitrogens with zero attached hydrogens (tertiary/aromatic N) is 2. The molecule has 0 bridgehead atoms. The maximum absolute atomic E-state index is 6.29. The van der Waals surface area contributed by atoms with Crippen LogP contribution in [-0.2, 0) is 12.8 Å². The first-order valence-electron chi connectivity index (χ1n) is 12.1. The average molecular weight is 476 g/mol. The molecule has 5 heteroatoms. The van der Waals surface area contributed by atoms with Crippen molar-refractivity contribution in [3.05, 3.63) is 120 Å². The van der Waals surface area contributed by atoms with Crippen molar-refractivity contribution in [1.82, 2.24) is 9.97 Å². The number of fused-ring (bicyclic) bond motifs is 1. The first-order chi connectivity index (χ1) is 17.3. The highest BCUT2D eigenvalue weighted by Gasteiger charge is 2.16. The first-order valence-corrected chi connectivity index (χ1v) is 12.1. The van der Waals surface area contributed by atoms with Crippen LogP contribution < -0.4 is 16.8 Å². The van der Waals surface area contributed by atoms with Gasteiger partial charge in [-0.25, -0.2) is 4.98 Å². The van der Waals surface area contributed by atoms with Gasteiger partial charge >= 0.3 is 0 Å². The number of nitrogens with two attached hydrogens (primary N) is 2. The van der Waals surface area contributed by atoms with Gasteiger partial charge in [-0.15, -0.1) is 0 Å². The zero-order chi connectivity index (χ0) is 25.8. The van der Waals surface area contributed by atoms with Crippen molar-refractivity contribution in [2.75, 3.05) is 11.1 Å². The highest BCUT2D eigenvalue weighted by atomic mass is 14.9. The van der Waals surface area contributed by atoms with Crippen LogP contribution in [0.4, 0.5) is 11.4 Å². The van der Waals surface area contributed by atoms with Gasteiger partial charge in [-0.1, -0.05) is 37.9 Å². The fraction of sp³-hybridized carbons (Fsp3) is 0.161. The van der Waals surface area contributed by atoms with Crippen molar-refractivity contribution in [2.24, 2.45) is 5.73 Å². The first kappa shape index (κ1) is 24.7. The van der Waals surface area contributed by atoms with Gasteiger partial charge in [-0.05, 0) is 91.8 Å². The van der Waals surface area contributed by atoms with Crippen molar-refractivity contribution in [3.8, 4) is 11.3 Å². The second-order valence-electron chi connectivity index (χ2n) is 8.98. The van der Waals surface area contributed by atoms with Crippen LogP contribution in [0.2, 0.25) is 0 Å². The average Bonchev–Trinajstić information content (AvgIpc) is 3.36. The van der Waals surface area contributed by atoms with Crippen molar-refractivity contribution >= 4 is 22.5 Å². The highest BCUT2D eigenvalue weighted by molar-refractivity contribution is 5.86. The quantitative estimate of drug-likeness (QED) is 0.320. The van der Waals surface area contributed by atoms with Gasteiger partial charge in [0.15, 0.2) is 0 Å². The van der Waals surface area contributed by atoms with Gasteiger partial charge in [-0.2, -0.15) is 0 Å². The number of aryl methyl sites for hydroxylation is 2. The lowest BCUT2D eigenvalue weighted by molar-refractivity contribution is 0.912. The van der Waals surface area contributed by atoms with E-state index in [9.17, 15) is 0 Å². The van der Waals surface area contributed by atoms with E-state index >= 15 is 0 Å². The molecule has 182 valence electrons. The van der Waals surface area contributed by atoms with E-state index in [-0.39, 0.29) is 0 Å². The molecule has 0 unspecified atom stereocenters. The molecule has 5 nitrogen and oxygen atoms in total. The monoisotopic (exact) mass is 475 g/mol. The maximum atomic E-state index is 6.29. The SMILES string of the molecule is C=C/C(N)=C\C(=C/C)c1ccc(N)c(C(=C)C(=C)Nc2ccnc(-c3ccc4c(c3)CCC4)c2C)n1. The predicted octanol–water partition coefficient (Wildman–Crippen LogP) is 6.59. The van der Waals surface area contributed by atoms with Crippen LogP contribution in [0, 0.1) is 6.92 Å². The lowest BCUT2D eigenvalue weighted by atomic mass is 10.0. The molecular formula is C31H33N5. The van der Waals surface area contributed by atoms with E-state index in [1.54, 1.807) is 6.08 Å². The number of aromatic nitrogens is 2. The Balaban J connectivity index is 1.60. The summed E-state index contributed by atoms with van der Waals surface area (Å²) < 4.78 is 0. The number of allylic oxidation sites excluding steroid dienone is 5. The number of hydrogen-bond donors (Lipinski definition) is 3. The normalized spacial score (nSPS) is 13.3. The summed E-state index contributed by atoms with van der Waals surface area (Å²) in [7, 11) is 0. The van der Waals surface area contributed by atoms with E-state index in [1.807, 2.05) is 43.5 Å². The van der Waals surface area contributed by atoms with E-state index < -0.39 is 0 Å². The third kappa shape index (κ3) is 5.01. The van der Waals surface area contributed by atoms with Gasteiger partial charge in [0.2, 0.25) is 0 Å². The predicted molar refractivity (Wildman–Crippen MR) is 153 cm³/mol. The van der Waals surface area contributed by atoms with Gasteiger partial charge in [0.25, 0.3) is 0 Å². The second-order valence-corrected chi connectivity index (χ2v) is 8.98. The van der Waals surface area contributed by atoms with Crippen molar-refractivity contribution in [3.63, 3.8) is 0 Å². The van der Waals surface area contributed by atoms with Gasteiger partial charge in [-0.3, -0.25) is 4.98 Å². The molecule has 0 radical (unpaired) electrons. The highest BCUT2D eigenvalue weighted by Crippen LogP contribution is 2.33. The van der Waals surface area contributed by atoms with E-state index in [0.29, 0.717) is 28.3 Å². The fourth-order valence-corrected chi connectivity index (χ4v) is 4.48. The van der Waals surface area contributed by atoms with E-state index in [0.717, 1.165) is 46.6 Å². The maximum Gasteiger partial charge on any atom is 0.0953 e. The standard InChI is InChI=1S/C31H33N5/c1-6-22(18-26(32)7-2)29-14-13-27(33)31(36-29)19(3)21(5)35-28-15-16-34-30(20(28)4)25-12-11-23-9-8-10-24(23)17-25/h6-7,11-18H,2-3,5,8-10,32-33H2,1,4H3,(H,34,35)/b22-6+,26-18+. The Bertz CT molecular complexity index is 1420. The Morgan fingerprint density at radius 3 is 2.61 bits per heavy atom. The van der Waals surface area contributed by atoms with Crippen LogP contribution in [0.1, 0.15) is 41.4 Å². The van der Waals surface area contributed by atoms with Crippen molar-refractivity contribution in [1.29, 1.82) is 0 Å². The zero-order valence-electron chi connectivity index (χ0n) is 21.1. The Morgan fingerprint density at radius 2 is 1.86 bits per heavy atom. The molecule has 5 N–H and O–H groups in total. The molecule has 3 aromatic rings. The van der Waals surface area contributed by atoms with Crippen LogP contribution in [0.25, 0.3) is 22.4 Å². The van der Waals surface area contributed by atoms with E-state index in [2.05, 4.69) is 55.2 Å². The molecule has 0 atom stereocenters. The van der Waals surface area contributed by atoms with Crippen LogP contribution >= 0.6 is 0 Å². The molecule has 2 heterocycles. The summed E-state index contributed by atoms with van der Waals surface area (Å²) in [5, 5.41) is 3.41. The largest absolute Gasteiger partial charge is 0.399 e. The van der Waals surface area contributed by atoms with E-state index in [4.69, 9.17) is 16.5 Å². The van der Waals surface area contributed by atoms with Crippen molar-refractivity contribution < 1.29 is 0 Å². The van der Waals surface area contributed by atoms with Crippen LogP contribution in [-0.4, -0.2) is 9.97 Å². The molecule has 0 saturated carbocycles. The van der Waals surface area contributed by atoms with E-state index in [1.165, 1.54) is 17.5 Å². The zero-order valence-corrected chi connectivity index (χ0v) is 21.1. The molecule has 1 aliphatic carbocycles. The number of anilines is 2. The summed E-state index contributed by atoms with van der Waals surface area (Å²) in [5.41, 5.74) is 23.6. The Hall–Kier alpha value is -4.38. The van der Waals surface area contributed by atoms with Gasteiger partial charge in [0, 0.05) is 34.4 Å². The van der Waals surface area contributed by atoms with Gasteiger partial charge < -0.3 is 16.8 Å². The Labute approximate surface area is 213 Å². The Morgan fingerprint density at radius 1 is 1.08 bits per heavy atom. The Kier molecular flexibility index (Phi) is 7.20. The lowest BCUT2D eigenvalue weighted by Gasteiger charge is -2.17. The minimum absolute atomic E-state index is 0.521. The van der Waals surface area contributed by atoms with Crippen LogP contribution in [0.5, 0.6) is 0 Å². The number of pyridine rings is 2. The number of hydrogen-bond acceptors (Lipinski definition) is 5. The summed E-state index contributed by atoms with van der Waals surface area (Å²) in [6.45, 7) is 16.2. The fourth-order valence-electron chi connectivity index (χ4n) is 4.48. The molecule has 0 amide bonds. The lowest BCUT2D eigenvalue weighted by Crippen LogP contribution is -2.07.